The van der Waals surface area contributed by atoms with E-state index in [9.17, 15) is 0 Å². The fourth-order valence-electron chi connectivity index (χ4n) is 2.47. The summed E-state index contributed by atoms with van der Waals surface area (Å²) in [5.74, 6) is 1.75. The lowest BCUT2D eigenvalue weighted by molar-refractivity contribution is 0.264. The van der Waals surface area contributed by atoms with Crippen LogP contribution in [0.5, 0.6) is 0 Å². The largest absolute Gasteiger partial charge is 0.309 e. The van der Waals surface area contributed by atoms with Gasteiger partial charge in [0.15, 0.2) is 0 Å². The molecular weight excluding hydrogens is 172 g/mol. The van der Waals surface area contributed by atoms with Crippen LogP contribution in [-0.2, 0) is 0 Å². The second-order valence-electron chi connectivity index (χ2n) is 5.62. The summed E-state index contributed by atoms with van der Waals surface area (Å²) in [5.41, 5.74) is 0. The number of likely N-dealkylation sites (tertiary alicyclic amines) is 1. The van der Waals surface area contributed by atoms with E-state index in [4.69, 9.17) is 0 Å². The summed E-state index contributed by atoms with van der Waals surface area (Å²) in [6.45, 7) is 11.9. The van der Waals surface area contributed by atoms with Gasteiger partial charge in [-0.2, -0.15) is 0 Å². The van der Waals surface area contributed by atoms with Gasteiger partial charge in [0, 0.05) is 31.2 Å². The van der Waals surface area contributed by atoms with Crippen molar-refractivity contribution in [1.29, 1.82) is 0 Å². The standard InChI is InChI=1S/C12H24N2/c1-8(2)14-6-10(4)12(7-14)13-11-5-9(11)3/h8-13H,5-7H2,1-4H3/t9-,10?,11-,12?/m1/s1. The fourth-order valence-corrected chi connectivity index (χ4v) is 2.47. The molecule has 2 unspecified atom stereocenters. The highest BCUT2D eigenvalue weighted by Crippen LogP contribution is 2.31. The molecule has 0 aromatic rings. The van der Waals surface area contributed by atoms with Gasteiger partial charge in [0.2, 0.25) is 0 Å². The molecule has 2 heteroatoms. The van der Waals surface area contributed by atoms with E-state index in [1.165, 1.54) is 19.5 Å². The van der Waals surface area contributed by atoms with Crippen molar-refractivity contribution in [3.05, 3.63) is 0 Å². The number of nitrogens with one attached hydrogen (secondary N) is 1. The monoisotopic (exact) mass is 196 g/mol. The zero-order valence-corrected chi connectivity index (χ0v) is 9.96. The molecule has 1 heterocycles. The summed E-state index contributed by atoms with van der Waals surface area (Å²) in [6.07, 6.45) is 1.39. The highest BCUT2D eigenvalue weighted by Gasteiger charge is 2.38. The number of hydrogen-bond acceptors (Lipinski definition) is 2. The van der Waals surface area contributed by atoms with E-state index < -0.39 is 0 Å². The molecule has 2 nitrogen and oxygen atoms in total. The van der Waals surface area contributed by atoms with Gasteiger partial charge >= 0.3 is 0 Å². The summed E-state index contributed by atoms with van der Waals surface area (Å²) in [4.78, 5) is 2.59. The Labute approximate surface area is 88.1 Å². The summed E-state index contributed by atoms with van der Waals surface area (Å²) in [6, 6.07) is 2.28. The molecule has 0 aromatic carbocycles. The Kier molecular flexibility index (Phi) is 2.85. The number of hydrogen-bond donors (Lipinski definition) is 1. The van der Waals surface area contributed by atoms with Crippen LogP contribution in [0.4, 0.5) is 0 Å². The lowest BCUT2D eigenvalue weighted by Crippen LogP contribution is -2.38. The quantitative estimate of drug-likeness (QED) is 0.739. The molecule has 14 heavy (non-hydrogen) atoms. The lowest BCUT2D eigenvalue weighted by atomic mass is 10.1. The second kappa shape index (κ2) is 3.82. The van der Waals surface area contributed by atoms with Crippen molar-refractivity contribution >= 4 is 0 Å². The first-order chi connectivity index (χ1) is 6.58. The van der Waals surface area contributed by atoms with Gasteiger partial charge in [-0.15, -0.1) is 0 Å². The molecule has 2 fully saturated rings. The Hall–Kier alpha value is -0.0800. The maximum atomic E-state index is 3.80. The molecule has 0 radical (unpaired) electrons. The summed E-state index contributed by atoms with van der Waals surface area (Å²) in [5, 5.41) is 3.80. The third-order valence-electron chi connectivity index (χ3n) is 3.91. The predicted octanol–water partition coefficient (Wildman–Crippen LogP) is 1.71. The van der Waals surface area contributed by atoms with Crippen LogP contribution in [-0.4, -0.2) is 36.1 Å². The highest BCUT2D eigenvalue weighted by atomic mass is 15.2. The second-order valence-corrected chi connectivity index (χ2v) is 5.62. The minimum Gasteiger partial charge on any atom is -0.309 e. The minimum atomic E-state index is 0.709. The van der Waals surface area contributed by atoms with Gasteiger partial charge in [-0.1, -0.05) is 13.8 Å². The Morgan fingerprint density at radius 3 is 2.14 bits per heavy atom. The molecule has 2 aliphatic rings. The van der Waals surface area contributed by atoms with Crippen molar-refractivity contribution in [2.45, 2.75) is 52.2 Å². The first-order valence-corrected chi connectivity index (χ1v) is 6.08. The van der Waals surface area contributed by atoms with Gasteiger partial charge < -0.3 is 5.32 Å². The maximum absolute atomic E-state index is 3.80. The van der Waals surface area contributed by atoms with E-state index >= 15 is 0 Å². The molecule has 1 saturated heterocycles. The summed E-state index contributed by atoms with van der Waals surface area (Å²) < 4.78 is 0. The van der Waals surface area contributed by atoms with Crippen molar-refractivity contribution in [2.75, 3.05) is 13.1 Å². The zero-order chi connectivity index (χ0) is 10.3. The molecule has 0 spiro atoms. The van der Waals surface area contributed by atoms with E-state index in [1.54, 1.807) is 0 Å². The van der Waals surface area contributed by atoms with Gasteiger partial charge in [0.25, 0.3) is 0 Å². The molecular formula is C12H24N2. The van der Waals surface area contributed by atoms with Gasteiger partial charge in [0.05, 0.1) is 0 Å². The van der Waals surface area contributed by atoms with E-state index in [1.807, 2.05) is 0 Å². The third kappa shape index (κ3) is 2.12. The van der Waals surface area contributed by atoms with Crippen LogP contribution in [0.3, 0.4) is 0 Å². The number of rotatable bonds is 3. The zero-order valence-electron chi connectivity index (χ0n) is 9.96. The summed E-state index contributed by atoms with van der Waals surface area (Å²) in [7, 11) is 0. The van der Waals surface area contributed by atoms with E-state index in [0.717, 1.165) is 23.9 Å². The average Bonchev–Trinajstić information content (AvgIpc) is 2.64. The van der Waals surface area contributed by atoms with Crippen LogP contribution >= 0.6 is 0 Å². The van der Waals surface area contributed by atoms with Crippen molar-refractivity contribution < 1.29 is 0 Å². The van der Waals surface area contributed by atoms with Gasteiger partial charge in [-0.3, -0.25) is 4.90 Å². The Morgan fingerprint density at radius 2 is 1.71 bits per heavy atom. The van der Waals surface area contributed by atoms with Gasteiger partial charge in [0.1, 0.15) is 0 Å². The molecule has 1 aliphatic heterocycles. The smallest absolute Gasteiger partial charge is 0.0235 e. The van der Waals surface area contributed by atoms with Crippen LogP contribution < -0.4 is 5.32 Å². The SMILES string of the molecule is CC1CN(C(C)C)CC1N[C@@H]1C[C@H]1C. The molecule has 2 rings (SSSR count). The van der Waals surface area contributed by atoms with E-state index in [2.05, 4.69) is 37.9 Å². The Bertz CT molecular complexity index is 202. The average molecular weight is 196 g/mol. The Morgan fingerprint density at radius 1 is 1.07 bits per heavy atom. The lowest BCUT2D eigenvalue weighted by Gasteiger charge is -2.20. The highest BCUT2D eigenvalue weighted by molar-refractivity contribution is 4.97. The van der Waals surface area contributed by atoms with Crippen LogP contribution in [0.2, 0.25) is 0 Å². The van der Waals surface area contributed by atoms with Crippen LogP contribution in [0.1, 0.15) is 34.1 Å². The van der Waals surface area contributed by atoms with Crippen LogP contribution in [0.25, 0.3) is 0 Å². The van der Waals surface area contributed by atoms with Crippen molar-refractivity contribution in [2.24, 2.45) is 11.8 Å². The van der Waals surface area contributed by atoms with Crippen LogP contribution in [0, 0.1) is 11.8 Å². The number of nitrogens with zero attached hydrogens (tertiary/aromatic N) is 1. The summed E-state index contributed by atoms with van der Waals surface area (Å²) >= 11 is 0. The molecule has 0 bridgehead atoms. The molecule has 1 saturated carbocycles. The molecule has 4 atom stereocenters. The fraction of sp³-hybridized carbons (Fsp3) is 1.00. The predicted molar refractivity (Wildman–Crippen MR) is 60.4 cm³/mol. The molecule has 0 aromatic heterocycles. The molecule has 1 N–H and O–H groups in total. The van der Waals surface area contributed by atoms with E-state index in [-0.39, 0.29) is 0 Å². The Balaban J connectivity index is 1.82. The molecule has 1 aliphatic carbocycles. The van der Waals surface area contributed by atoms with Crippen molar-refractivity contribution in [1.82, 2.24) is 10.2 Å². The third-order valence-corrected chi connectivity index (χ3v) is 3.91. The molecule has 0 amide bonds. The molecule has 82 valence electrons. The van der Waals surface area contributed by atoms with Crippen molar-refractivity contribution in [3.63, 3.8) is 0 Å². The van der Waals surface area contributed by atoms with Crippen LogP contribution in [0.15, 0.2) is 0 Å². The maximum Gasteiger partial charge on any atom is 0.0235 e. The van der Waals surface area contributed by atoms with Gasteiger partial charge in [-0.05, 0) is 32.1 Å². The first kappa shape index (κ1) is 10.4. The topological polar surface area (TPSA) is 15.3 Å². The van der Waals surface area contributed by atoms with Crippen molar-refractivity contribution in [3.8, 4) is 0 Å². The van der Waals surface area contributed by atoms with E-state index in [0.29, 0.717) is 6.04 Å². The first-order valence-electron chi connectivity index (χ1n) is 6.08. The van der Waals surface area contributed by atoms with Gasteiger partial charge in [-0.25, -0.2) is 0 Å². The minimum absolute atomic E-state index is 0.709. The normalized spacial score (nSPS) is 43.5.